The van der Waals surface area contributed by atoms with E-state index in [0.717, 1.165) is 31.5 Å². The number of amides is 1. The third-order valence-electron chi connectivity index (χ3n) is 5.29. The quantitative estimate of drug-likeness (QED) is 0.432. The lowest BCUT2D eigenvalue weighted by Gasteiger charge is -2.26. The van der Waals surface area contributed by atoms with E-state index in [2.05, 4.69) is 36.1 Å². The topological polar surface area (TPSA) is 140 Å². The number of hydrogen-bond acceptors (Lipinski definition) is 9. The van der Waals surface area contributed by atoms with Crippen LogP contribution in [0.3, 0.4) is 0 Å². The molecule has 31 heavy (non-hydrogen) atoms. The molecule has 0 bridgehead atoms. The maximum Gasteiger partial charge on any atom is 0.293 e. The molecule has 0 spiro atoms. The van der Waals surface area contributed by atoms with Gasteiger partial charge in [0, 0.05) is 18.7 Å². The van der Waals surface area contributed by atoms with E-state index >= 15 is 0 Å². The summed E-state index contributed by atoms with van der Waals surface area (Å²) in [5.74, 6) is -0.123. The zero-order valence-corrected chi connectivity index (χ0v) is 17.3. The van der Waals surface area contributed by atoms with Crippen LogP contribution < -0.4 is 11.2 Å². The maximum atomic E-state index is 12.8. The summed E-state index contributed by atoms with van der Waals surface area (Å²) >= 11 is 0. The lowest BCUT2D eigenvalue weighted by Crippen LogP contribution is -2.31. The van der Waals surface area contributed by atoms with Crippen LogP contribution in [0, 0.1) is 0 Å². The minimum atomic E-state index is -0.454. The summed E-state index contributed by atoms with van der Waals surface area (Å²) in [5.41, 5.74) is 10.2. The molecule has 0 aliphatic carbocycles. The SMILES string of the molecule is C[C@@H](C=NNC(=O)c1nnn(-c2nonc2N)c1CN1CCCCC1)c1ccccc1. The molecule has 1 aliphatic rings. The minimum Gasteiger partial charge on any atom is -0.378 e. The Morgan fingerprint density at radius 1 is 1.26 bits per heavy atom. The summed E-state index contributed by atoms with van der Waals surface area (Å²) in [5, 5.41) is 19.7. The number of nitrogen functional groups attached to an aromatic ring is 1. The molecule has 0 saturated carbocycles. The second kappa shape index (κ2) is 9.47. The Balaban J connectivity index is 1.53. The van der Waals surface area contributed by atoms with Gasteiger partial charge in [0.25, 0.3) is 5.91 Å². The third-order valence-corrected chi connectivity index (χ3v) is 5.29. The Morgan fingerprint density at radius 3 is 2.74 bits per heavy atom. The molecule has 2 aromatic heterocycles. The summed E-state index contributed by atoms with van der Waals surface area (Å²) in [4.78, 5) is 15.1. The van der Waals surface area contributed by atoms with Crippen molar-refractivity contribution < 1.29 is 9.42 Å². The van der Waals surface area contributed by atoms with E-state index in [1.165, 1.54) is 11.1 Å². The van der Waals surface area contributed by atoms with Gasteiger partial charge in [-0.2, -0.15) is 9.78 Å². The van der Waals surface area contributed by atoms with Crippen LogP contribution >= 0.6 is 0 Å². The molecule has 1 fully saturated rings. The molecule has 1 aliphatic heterocycles. The van der Waals surface area contributed by atoms with E-state index in [-0.39, 0.29) is 23.2 Å². The van der Waals surface area contributed by atoms with Gasteiger partial charge in [-0.3, -0.25) is 9.69 Å². The molecular formula is C20H25N9O2. The van der Waals surface area contributed by atoms with Crippen LogP contribution in [0.15, 0.2) is 40.1 Å². The number of piperidine rings is 1. The van der Waals surface area contributed by atoms with Gasteiger partial charge in [-0.05, 0) is 41.8 Å². The summed E-state index contributed by atoms with van der Waals surface area (Å²) in [7, 11) is 0. The molecule has 1 atom stereocenters. The molecule has 0 radical (unpaired) electrons. The summed E-state index contributed by atoms with van der Waals surface area (Å²) in [6, 6.07) is 9.91. The van der Waals surface area contributed by atoms with Gasteiger partial charge in [0.1, 0.15) is 0 Å². The first-order valence-corrected chi connectivity index (χ1v) is 10.3. The minimum absolute atomic E-state index is 0.0472. The number of rotatable bonds is 7. The fraction of sp³-hybridized carbons (Fsp3) is 0.400. The summed E-state index contributed by atoms with van der Waals surface area (Å²) < 4.78 is 6.10. The number of hydrazone groups is 1. The highest BCUT2D eigenvalue weighted by molar-refractivity contribution is 5.93. The van der Waals surface area contributed by atoms with Crippen molar-refractivity contribution in [2.24, 2.45) is 5.10 Å². The zero-order valence-electron chi connectivity index (χ0n) is 17.3. The number of anilines is 1. The van der Waals surface area contributed by atoms with Gasteiger partial charge in [-0.15, -0.1) is 5.10 Å². The average Bonchev–Trinajstić information content (AvgIpc) is 3.40. The number of carbonyl (C=O) groups excluding carboxylic acids is 1. The van der Waals surface area contributed by atoms with Gasteiger partial charge in [0.2, 0.25) is 11.6 Å². The van der Waals surface area contributed by atoms with E-state index in [9.17, 15) is 4.79 Å². The van der Waals surface area contributed by atoms with E-state index < -0.39 is 5.91 Å². The van der Waals surface area contributed by atoms with Crippen molar-refractivity contribution >= 4 is 17.9 Å². The molecule has 11 nitrogen and oxygen atoms in total. The Hall–Kier alpha value is -3.60. The van der Waals surface area contributed by atoms with Crippen molar-refractivity contribution in [3.05, 3.63) is 47.3 Å². The van der Waals surface area contributed by atoms with E-state index in [1.54, 1.807) is 6.21 Å². The van der Waals surface area contributed by atoms with Crippen LogP contribution in [0.1, 0.15) is 53.8 Å². The fourth-order valence-corrected chi connectivity index (χ4v) is 3.56. The molecule has 3 N–H and O–H groups in total. The van der Waals surface area contributed by atoms with Crippen LogP contribution in [-0.2, 0) is 6.54 Å². The second-order valence-corrected chi connectivity index (χ2v) is 7.52. The second-order valence-electron chi connectivity index (χ2n) is 7.52. The standard InChI is InChI=1S/C20H25N9O2/c1-14(15-8-4-2-5-9-15)12-22-24-20(30)17-16(13-28-10-6-3-7-11-28)29(27-23-17)19-18(21)25-31-26-19/h2,4-5,8-9,12,14H,3,6-7,10-11,13H2,1H3,(H2,21,25)(H,24,30)/t14-/m0/s1. The van der Waals surface area contributed by atoms with Gasteiger partial charge in [-0.25, -0.2) is 10.1 Å². The molecule has 1 aromatic carbocycles. The number of carbonyl (C=O) groups is 1. The number of benzene rings is 1. The number of nitrogens with two attached hydrogens (primary N) is 1. The fourth-order valence-electron chi connectivity index (χ4n) is 3.56. The Kier molecular flexibility index (Phi) is 6.32. The van der Waals surface area contributed by atoms with Crippen molar-refractivity contribution in [3.8, 4) is 5.82 Å². The monoisotopic (exact) mass is 423 g/mol. The van der Waals surface area contributed by atoms with Crippen LogP contribution in [0.5, 0.6) is 0 Å². The van der Waals surface area contributed by atoms with Gasteiger partial charge in [0.05, 0.1) is 5.69 Å². The van der Waals surface area contributed by atoms with E-state index in [0.29, 0.717) is 12.2 Å². The molecule has 3 aromatic rings. The van der Waals surface area contributed by atoms with Gasteiger partial charge in [-0.1, -0.05) is 48.9 Å². The Bertz CT molecular complexity index is 1040. The number of likely N-dealkylation sites (tertiary alicyclic amines) is 1. The van der Waals surface area contributed by atoms with Crippen LogP contribution in [0.2, 0.25) is 0 Å². The summed E-state index contributed by atoms with van der Waals surface area (Å²) in [6.07, 6.45) is 5.11. The molecule has 4 rings (SSSR count). The first-order valence-electron chi connectivity index (χ1n) is 10.3. The number of nitrogens with zero attached hydrogens (tertiary/aromatic N) is 7. The Labute approximate surface area is 179 Å². The van der Waals surface area contributed by atoms with Crippen LogP contribution in [-0.4, -0.2) is 55.4 Å². The van der Waals surface area contributed by atoms with Crippen molar-refractivity contribution in [3.63, 3.8) is 0 Å². The number of hydrogen-bond donors (Lipinski definition) is 2. The maximum absolute atomic E-state index is 12.8. The van der Waals surface area contributed by atoms with Gasteiger partial charge >= 0.3 is 0 Å². The molecule has 1 amide bonds. The first-order chi connectivity index (χ1) is 15.1. The van der Waals surface area contributed by atoms with Crippen molar-refractivity contribution in [2.75, 3.05) is 18.8 Å². The summed E-state index contributed by atoms with van der Waals surface area (Å²) in [6.45, 7) is 4.35. The van der Waals surface area contributed by atoms with Crippen LogP contribution in [0.4, 0.5) is 5.82 Å². The van der Waals surface area contributed by atoms with Crippen molar-refractivity contribution in [1.29, 1.82) is 0 Å². The average molecular weight is 423 g/mol. The Morgan fingerprint density at radius 2 is 2.03 bits per heavy atom. The molecule has 0 unspecified atom stereocenters. The molecule has 1 saturated heterocycles. The van der Waals surface area contributed by atoms with E-state index in [4.69, 9.17) is 10.4 Å². The van der Waals surface area contributed by atoms with Crippen LogP contribution in [0.25, 0.3) is 5.82 Å². The predicted octanol–water partition coefficient (Wildman–Crippen LogP) is 1.74. The highest BCUT2D eigenvalue weighted by Gasteiger charge is 2.26. The number of nitrogens with one attached hydrogen (secondary N) is 1. The van der Waals surface area contributed by atoms with Crippen molar-refractivity contribution in [2.45, 2.75) is 38.6 Å². The normalized spacial score (nSPS) is 15.9. The molecule has 11 heteroatoms. The first kappa shape index (κ1) is 20.7. The predicted molar refractivity (Wildman–Crippen MR) is 114 cm³/mol. The number of aromatic nitrogens is 5. The lowest BCUT2D eigenvalue weighted by molar-refractivity contribution is 0.0947. The zero-order chi connectivity index (χ0) is 21.6. The highest BCUT2D eigenvalue weighted by Crippen LogP contribution is 2.20. The van der Waals surface area contributed by atoms with Crippen molar-refractivity contribution in [1.82, 2.24) is 35.6 Å². The van der Waals surface area contributed by atoms with Gasteiger partial charge < -0.3 is 5.73 Å². The highest BCUT2D eigenvalue weighted by atomic mass is 16.6. The smallest absolute Gasteiger partial charge is 0.293 e. The third kappa shape index (κ3) is 4.77. The lowest BCUT2D eigenvalue weighted by atomic mass is 10.0. The molecular weight excluding hydrogens is 398 g/mol. The molecule has 3 heterocycles. The van der Waals surface area contributed by atoms with Gasteiger partial charge in [0.15, 0.2) is 5.69 Å². The largest absolute Gasteiger partial charge is 0.378 e. The van der Waals surface area contributed by atoms with E-state index in [1.807, 2.05) is 37.3 Å². The molecule has 162 valence electrons.